The molecular weight excluding hydrogens is 324 g/mol. The summed E-state index contributed by atoms with van der Waals surface area (Å²) in [5.74, 6) is 0.227. The van der Waals surface area contributed by atoms with Crippen molar-refractivity contribution in [1.29, 1.82) is 0 Å². The standard InChI is InChI=1S/C18H15ClN4O/c1-12-7-8-14(9-15(12)19)23-18(24)16-10-21-17(11-20-16)22-13-5-3-2-4-6-13/h2-11H,1H3,(H,21,22)(H,23,24). The highest BCUT2D eigenvalue weighted by atomic mass is 35.5. The molecule has 2 N–H and O–H groups in total. The van der Waals surface area contributed by atoms with Crippen LogP contribution >= 0.6 is 11.6 Å². The van der Waals surface area contributed by atoms with E-state index in [9.17, 15) is 4.79 Å². The zero-order valence-corrected chi connectivity index (χ0v) is 13.7. The predicted molar refractivity (Wildman–Crippen MR) is 95.9 cm³/mol. The van der Waals surface area contributed by atoms with Gasteiger partial charge in [-0.3, -0.25) is 4.79 Å². The Kier molecular flexibility index (Phi) is 4.72. The van der Waals surface area contributed by atoms with Gasteiger partial charge in [-0.05, 0) is 36.8 Å². The summed E-state index contributed by atoms with van der Waals surface area (Å²) in [6.45, 7) is 1.90. The Morgan fingerprint density at radius 1 is 1.00 bits per heavy atom. The molecular formula is C18H15ClN4O. The number of carbonyl (C=O) groups excluding carboxylic acids is 1. The highest BCUT2D eigenvalue weighted by molar-refractivity contribution is 6.31. The molecule has 0 saturated heterocycles. The Bertz CT molecular complexity index is 851. The van der Waals surface area contributed by atoms with Gasteiger partial charge in [-0.1, -0.05) is 35.9 Å². The van der Waals surface area contributed by atoms with Crippen LogP contribution in [0.5, 0.6) is 0 Å². The van der Waals surface area contributed by atoms with Crippen molar-refractivity contribution in [2.45, 2.75) is 6.92 Å². The second kappa shape index (κ2) is 7.10. The zero-order chi connectivity index (χ0) is 16.9. The number of benzene rings is 2. The molecule has 0 spiro atoms. The fourth-order valence-corrected chi connectivity index (χ4v) is 2.23. The third-order valence-electron chi connectivity index (χ3n) is 3.36. The van der Waals surface area contributed by atoms with E-state index < -0.39 is 0 Å². The highest BCUT2D eigenvalue weighted by Gasteiger charge is 2.09. The maximum absolute atomic E-state index is 12.2. The summed E-state index contributed by atoms with van der Waals surface area (Å²) in [5.41, 5.74) is 2.69. The second-order valence-corrected chi connectivity index (χ2v) is 5.60. The predicted octanol–water partition coefficient (Wildman–Crippen LogP) is 4.43. The number of amides is 1. The number of aromatic nitrogens is 2. The van der Waals surface area contributed by atoms with E-state index >= 15 is 0 Å². The van der Waals surface area contributed by atoms with Crippen LogP contribution in [-0.4, -0.2) is 15.9 Å². The normalized spacial score (nSPS) is 10.2. The molecule has 0 radical (unpaired) electrons. The van der Waals surface area contributed by atoms with Gasteiger partial charge in [-0.2, -0.15) is 0 Å². The van der Waals surface area contributed by atoms with Crippen molar-refractivity contribution in [1.82, 2.24) is 9.97 Å². The molecule has 0 saturated carbocycles. The van der Waals surface area contributed by atoms with Gasteiger partial charge in [-0.25, -0.2) is 9.97 Å². The fourth-order valence-electron chi connectivity index (χ4n) is 2.04. The third-order valence-corrected chi connectivity index (χ3v) is 3.77. The first-order chi connectivity index (χ1) is 11.6. The van der Waals surface area contributed by atoms with Crippen molar-refractivity contribution in [3.63, 3.8) is 0 Å². The van der Waals surface area contributed by atoms with Gasteiger partial charge in [0, 0.05) is 16.4 Å². The fraction of sp³-hybridized carbons (Fsp3) is 0.0556. The number of hydrogen-bond donors (Lipinski definition) is 2. The number of hydrogen-bond acceptors (Lipinski definition) is 4. The SMILES string of the molecule is Cc1ccc(NC(=O)c2cnc(Nc3ccccc3)cn2)cc1Cl. The molecule has 3 rings (SSSR count). The van der Waals surface area contributed by atoms with Gasteiger partial charge in [0.15, 0.2) is 0 Å². The van der Waals surface area contributed by atoms with Crippen LogP contribution in [0.15, 0.2) is 60.9 Å². The van der Waals surface area contributed by atoms with Crippen LogP contribution in [0, 0.1) is 6.92 Å². The molecule has 0 aliphatic rings. The van der Waals surface area contributed by atoms with E-state index in [1.807, 2.05) is 43.3 Å². The molecule has 24 heavy (non-hydrogen) atoms. The Labute approximate surface area is 144 Å². The maximum atomic E-state index is 12.2. The lowest BCUT2D eigenvalue weighted by molar-refractivity contribution is 0.102. The van der Waals surface area contributed by atoms with Crippen molar-refractivity contribution in [2.24, 2.45) is 0 Å². The second-order valence-electron chi connectivity index (χ2n) is 5.20. The number of nitrogens with zero attached hydrogens (tertiary/aromatic N) is 2. The average Bonchev–Trinajstić information content (AvgIpc) is 2.60. The Morgan fingerprint density at radius 2 is 1.79 bits per heavy atom. The van der Waals surface area contributed by atoms with Gasteiger partial charge >= 0.3 is 0 Å². The number of carbonyl (C=O) groups is 1. The minimum atomic E-state index is -0.339. The quantitative estimate of drug-likeness (QED) is 0.738. The zero-order valence-electron chi connectivity index (χ0n) is 13.0. The number of para-hydroxylation sites is 1. The molecule has 0 unspecified atom stereocenters. The van der Waals surface area contributed by atoms with Gasteiger partial charge < -0.3 is 10.6 Å². The van der Waals surface area contributed by atoms with E-state index in [-0.39, 0.29) is 11.6 Å². The van der Waals surface area contributed by atoms with Crippen LogP contribution in [0.25, 0.3) is 0 Å². The van der Waals surface area contributed by atoms with Gasteiger partial charge in [0.05, 0.1) is 12.4 Å². The number of anilines is 3. The van der Waals surface area contributed by atoms with Crippen LogP contribution in [0.1, 0.15) is 16.1 Å². The Morgan fingerprint density at radius 3 is 2.46 bits per heavy atom. The monoisotopic (exact) mass is 338 g/mol. The molecule has 6 heteroatoms. The van der Waals surface area contributed by atoms with Gasteiger partial charge in [-0.15, -0.1) is 0 Å². The summed E-state index contributed by atoms with van der Waals surface area (Å²) in [7, 11) is 0. The van der Waals surface area contributed by atoms with Crippen LogP contribution in [0.4, 0.5) is 17.2 Å². The van der Waals surface area contributed by atoms with Gasteiger partial charge in [0.1, 0.15) is 11.5 Å². The molecule has 2 aromatic carbocycles. The van der Waals surface area contributed by atoms with Crippen LogP contribution in [0.3, 0.4) is 0 Å². The van der Waals surface area contributed by atoms with Gasteiger partial charge in [0.25, 0.3) is 5.91 Å². The summed E-state index contributed by atoms with van der Waals surface area (Å²) < 4.78 is 0. The molecule has 0 fully saturated rings. The summed E-state index contributed by atoms with van der Waals surface area (Å²) >= 11 is 6.05. The lowest BCUT2D eigenvalue weighted by Crippen LogP contribution is -2.14. The lowest BCUT2D eigenvalue weighted by atomic mass is 10.2. The first-order valence-corrected chi connectivity index (χ1v) is 7.71. The molecule has 1 heterocycles. The summed E-state index contributed by atoms with van der Waals surface area (Å²) in [5, 5.41) is 6.46. The number of aryl methyl sites for hydroxylation is 1. The molecule has 0 aliphatic heterocycles. The van der Waals surface area contributed by atoms with E-state index in [0.29, 0.717) is 16.5 Å². The lowest BCUT2D eigenvalue weighted by Gasteiger charge is -2.07. The van der Waals surface area contributed by atoms with E-state index in [4.69, 9.17) is 11.6 Å². The molecule has 0 atom stereocenters. The van der Waals surface area contributed by atoms with Crippen LogP contribution < -0.4 is 10.6 Å². The van der Waals surface area contributed by atoms with Crippen molar-refractivity contribution in [3.8, 4) is 0 Å². The van der Waals surface area contributed by atoms with E-state index in [0.717, 1.165) is 11.3 Å². The average molecular weight is 339 g/mol. The minimum Gasteiger partial charge on any atom is -0.339 e. The first kappa shape index (κ1) is 16.0. The Balaban J connectivity index is 1.68. The molecule has 0 aliphatic carbocycles. The Hall–Kier alpha value is -2.92. The van der Waals surface area contributed by atoms with Crippen molar-refractivity contribution >= 4 is 34.7 Å². The van der Waals surface area contributed by atoms with Crippen LogP contribution in [0.2, 0.25) is 5.02 Å². The van der Waals surface area contributed by atoms with E-state index in [2.05, 4.69) is 20.6 Å². The molecule has 3 aromatic rings. The summed E-state index contributed by atoms with van der Waals surface area (Å²) in [4.78, 5) is 20.6. The number of halogens is 1. The van der Waals surface area contributed by atoms with E-state index in [1.165, 1.54) is 12.4 Å². The molecule has 1 amide bonds. The third kappa shape index (κ3) is 3.88. The smallest absolute Gasteiger partial charge is 0.275 e. The molecule has 5 nitrogen and oxygen atoms in total. The molecule has 120 valence electrons. The number of nitrogens with one attached hydrogen (secondary N) is 2. The van der Waals surface area contributed by atoms with Crippen molar-refractivity contribution in [2.75, 3.05) is 10.6 Å². The van der Waals surface area contributed by atoms with Gasteiger partial charge in [0.2, 0.25) is 0 Å². The molecule has 1 aromatic heterocycles. The summed E-state index contributed by atoms with van der Waals surface area (Å²) in [6.07, 6.45) is 2.94. The topological polar surface area (TPSA) is 66.9 Å². The van der Waals surface area contributed by atoms with Crippen molar-refractivity contribution < 1.29 is 4.79 Å². The minimum absolute atomic E-state index is 0.227. The largest absolute Gasteiger partial charge is 0.339 e. The maximum Gasteiger partial charge on any atom is 0.275 e. The summed E-state index contributed by atoms with van der Waals surface area (Å²) in [6, 6.07) is 14.9. The first-order valence-electron chi connectivity index (χ1n) is 7.33. The van der Waals surface area contributed by atoms with E-state index in [1.54, 1.807) is 12.1 Å². The highest BCUT2D eigenvalue weighted by Crippen LogP contribution is 2.20. The number of rotatable bonds is 4. The molecule has 0 bridgehead atoms. The van der Waals surface area contributed by atoms with Crippen LogP contribution in [-0.2, 0) is 0 Å². The van der Waals surface area contributed by atoms with Crippen molar-refractivity contribution in [3.05, 3.63) is 77.2 Å².